The molecule has 2 saturated heterocycles. The number of thioether (sulfide) groups is 1. The van der Waals surface area contributed by atoms with Crippen molar-refractivity contribution >= 4 is 53.5 Å². The van der Waals surface area contributed by atoms with Crippen molar-refractivity contribution in [2.24, 2.45) is 0 Å². The summed E-state index contributed by atoms with van der Waals surface area (Å²) in [6.45, 7) is 7.15. The van der Waals surface area contributed by atoms with Gasteiger partial charge in [-0.3, -0.25) is 33.6 Å². The highest BCUT2D eigenvalue weighted by Gasteiger charge is 2.54. The molecule has 2 aliphatic heterocycles. The van der Waals surface area contributed by atoms with Crippen molar-refractivity contribution in [2.75, 3.05) is 13.2 Å². The Morgan fingerprint density at radius 1 is 0.558 bits per heavy atom. The van der Waals surface area contributed by atoms with Crippen molar-refractivity contribution in [1.29, 1.82) is 0 Å². The lowest BCUT2D eigenvalue weighted by Gasteiger charge is -2.46. The van der Waals surface area contributed by atoms with Crippen LogP contribution in [-0.4, -0.2) is 109 Å². The van der Waals surface area contributed by atoms with Crippen molar-refractivity contribution in [3.8, 4) is 0 Å². The molecule has 0 amide bonds. The summed E-state index contributed by atoms with van der Waals surface area (Å²) in [4.78, 5) is 83.1. The molecule has 0 unspecified atom stereocenters. The van der Waals surface area contributed by atoms with E-state index in [4.69, 9.17) is 42.6 Å². The van der Waals surface area contributed by atoms with Gasteiger partial charge in [-0.2, -0.15) is 0 Å². The van der Waals surface area contributed by atoms with Crippen LogP contribution in [0.5, 0.6) is 0 Å². The molecule has 2 heterocycles. The summed E-state index contributed by atoms with van der Waals surface area (Å²) in [5.41, 5.74) is -1.23. The average molecular weight is 637 g/mol. The minimum absolute atomic E-state index is 0.0268. The van der Waals surface area contributed by atoms with E-state index in [1.807, 2.05) is 0 Å². The molecule has 0 aliphatic carbocycles. The van der Waals surface area contributed by atoms with Gasteiger partial charge in [0.15, 0.2) is 18.3 Å². The highest BCUT2D eigenvalue weighted by Crippen LogP contribution is 2.41. The Labute approximate surface area is 251 Å². The number of hydrogen-bond donors (Lipinski definition) is 0. The van der Waals surface area contributed by atoms with Crippen LogP contribution in [0.2, 0.25) is 0 Å². The molecule has 2 aliphatic rings. The van der Waals surface area contributed by atoms with E-state index in [0.717, 1.165) is 46.4 Å². The fourth-order valence-electron chi connectivity index (χ4n) is 4.38. The lowest BCUT2D eigenvalue weighted by molar-refractivity contribution is -0.239. The van der Waals surface area contributed by atoms with E-state index < -0.39 is 102 Å². The monoisotopic (exact) mass is 636 g/mol. The van der Waals surface area contributed by atoms with Crippen LogP contribution in [0.1, 0.15) is 54.9 Å². The number of carbonyl (C=O) groups is 7. The minimum Gasteiger partial charge on any atom is -0.463 e. The third kappa shape index (κ3) is 11.6. The molecule has 16 nitrogen and oxygen atoms in total. The second kappa shape index (κ2) is 16.4. The highest BCUT2D eigenvalue weighted by molar-refractivity contribution is 8.00. The van der Waals surface area contributed by atoms with E-state index in [2.05, 4.69) is 0 Å². The summed E-state index contributed by atoms with van der Waals surface area (Å²) in [5, 5.41) is -0.873. The summed E-state index contributed by atoms with van der Waals surface area (Å²) < 4.78 is 49.2. The first-order valence-corrected chi connectivity index (χ1v) is 14.1. The SMILES string of the molecule is CC(=O)OC[C@H]1O[C@@H](S[C@@H]2C[C@H](OC(C)=O)[C@@H](COC(C)=O)O[C@H]2OC(C)=O)[C@H](OC(C)=O)[C@@H](OC(C)=O)[C@@H]1OC(C)=O. The Kier molecular flexibility index (Phi) is 13.7. The van der Waals surface area contributed by atoms with E-state index in [9.17, 15) is 33.6 Å². The minimum atomic E-state index is -1.42. The maximum Gasteiger partial charge on any atom is 0.304 e. The van der Waals surface area contributed by atoms with Crippen molar-refractivity contribution in [2.45, 2.75) is 108 Å². The normalized spacial score (nSPS) is 30.2. The molecule has 242 valence electrons. The Morgan fingerprint density at radius 3 is 1.51 bits per heavy atom. The van der Waals surface area contributed by atoms with Gasteiger partial charge in [0.25, 0.3) is 0 Å². The van der Waals surface area contributed by atoms with Crippen LogP contribution in [0.4, 0.5) is 0 Å². The van der Waals surface area contributed by atoms with Crippen LogP contribution in [0.25, 0.3) is 0 Å². The largest absolute Gasteiger partial charge is 0.463 e. The zero-order valence-electron chi connectivity index (χ0n) is 24.8. The molecule has 9 atom stereocenters. The van der Waals surface area contributed by atoms with E-state index in [1.165, 1.54) is 13.8 Å². The molecule has 0 aromatic heterocycles. The molecular weight excluding hydrogens is 600 g/mol. The fourth-order valence-corrected chi connectivity index (χ4v) is 5.85. The first-order chi connectivity index (χ1) is 20.1. The number of ether oxygens (including phenoxy) is 9. The first-order valence-electron chi connectivity index (χ1n) is 13.2. The predicted octanol–water partition coefficient (Wildman–Crippen LogP) is 0.344. The third-order valence-corrected chi connectivity index (χ3v) is 7.21. The van der Waals surface area contributed by atoms with Gasteiger partial charge in [0.05, 0.1) is 5.25 Å². The quantitative estimate of drug-likeness (QED) is 0.222. The molecule has 0 N–H and O–H groups in total. The zero-order valence-corrected chi connectivity index (χ0v) is 25.6. The van der Waals surface area contributed by atoms with Gasteiger partial charge in [0.2, 0.25) is 6.29 Å². The van der Waals surface area contributed by atoms with Crippen LogP contribution in [-0.2, 0) is 76.2 Å². The maximum absolute atomic E-state index is 12.2. The molecule has 2 rings (SSSR count). The molecule has 17 heteroatoms. The third-order valence-electron chi connectivity index (χ3n) is 5.80. The smallest absolute Gasteiger partial charge is 0.304 e. The molecule has 0 aromatic rings. The Hall–Kier alpha value is -3.44. The van der Waals surface area contributed by atoms with Crippen LogP contribution in [0.15, 0.2) is 0 Å². The highest BCUT2D eigenvalue weighted by atomic mass is 32.2. The van der Waals surface area contributed by atoms with Crippen molar-refractivity contribution in [1.82, 2.24) is 0 Å². The topological polar surface area (TPSA) is 203 Å². The Bertz CT molecular complexity index is 1060. The molecule has 2 fully saturated rings. The second-order valence-corrected chi connectivity index (χ2v) is 10.9. The van der Waals surface area contributed by atoms with Crippen LogP contribution >= 0.6 is 11.8 Å². The Balaban J connectivity index is 2.52. The molecule has 0 saturated carbocycles. The Morgan fingerprint density at radius 2 is 1.02 bits per heavy atom. The fraction of sp³-hybridized carbons (Fsp3) is 0.731. The summed E-state index contributed by atoms with van der Waals surface area (Å²) in [7, 11) is 0. The van der Waals surface area contributed by atoms with E-state index in [1.54, 1.807) is 0 Å². The van der Waals surface area contributed by atoms with E-state index in [-0.39, 0.29) is 13.0 Å². The maximum atomic E-state index is 12.2. The molecule has 0 radical (unpaired) electrons. The molecule has 0 spiro atoms. The van der Waals surface area contributed by atoms with Gasteiger partial charge in [-0.1, -0.05) is 0 Å². The number of rotatable bonds is 11. The molecule has 0 aromatic carbocycles. The van der Waals surface area contributed by atoms with Gasteiger partial charge < -0.3 is 42.6 Å². The van der Waals surface area contributed by atoms with Crippen LogP contribution in [0, 0.1) is 0 Å². The molecule has 43 heavy (non-hydrogen) atoms. The number of hydrogen-bond acceptors (Lipinski definition) is 17. The number of carbonyl (C=O) groups excluding carboxylic acids is 7. The first kappa shape index (κ1) is 35.8. The zero-order chi connectivity index (χ0) is 32.4. The van der Waals surface area contributed by atoms with Gasteiger partial charge in [-0.15, -0.1) is 11.8 Å². The van der Waals surface area contributed by atoms with Gasteiger partial charge in [0, 0.05) is 54.9 Å². The summed E-state index contributed by atoms with van der Waals surface area (Å²) in [6, 6.07) is 0. The van der Waals surface area contributed by atoms with Gasteiger partial charge >= 0.3 is 41.8 Å². The summed E-state index contributed by atoms with van der Waals surface area (Å²) in [6.07, 6.45) is -8.71. The van der Waals surface area contributed by atoms with Crippen LogP contribution in [0.3, 0.4) is 0 Å². The van der Waals surface area contributed by atoms with E-state index >= 15 is 0 Å². The standard InChI is InChI=1S/C26H36O16S/c1-11(27)34-9-19-18(36-13(3)29)8-21(25(41-19)40-17(7)33)43-26-24(39-16(6)32)23(38-15(5)31)22(37-14(4)30)20(42-26)10-35-12(2)28/h18-26H,8-10H2,1-7H3/t18-,19+,20+,21+,22+,23-,24+,25+,26-/m0/s1. The molecular formula is C26H36O16S. The summed E-state index contributed by atoms with van der Waals surface area (Å²) >= 11 is 0.916. The lowest BCUT2D eigenvalue weighted by Crippen LogP contribution is -2.62. The average Bonchev–Trinajstić information content (AvgIpc) is 2.85. The van der Waals surface area contributed by atoms with Gasteiger partial charge in [0.1, 0.15) is 37.0 Å². The second-order valence-electron chi connectivity index (χ2n) is 9.58. The van der Waals surface area contributed by atoms with Crippen molar-refractivity contribution in [3.05, 3.63) is 0 Å². The van der Waals surface area contributed by atoms with Crippen molar-refractivity contribution in [3.63, 3.8) is 0 Å². The number of esters is 7. The summed E-state index contributed by atoms with van der Waals surface area (Å²) in [5.74, 6) is -5.09. The van der Waals surface area contributed by atoms with Crippen molar-refractivity contribution < 1.29 is 76.2 Å². The molecule has 0 bridgehead atoms. The van der Waals surface area contributed by atoms with E-state index in [0.29, 0.717) is 0 Å². The lowest BCUT2D eigenvalue weighted by atomic mass is 9.99. The van der Waals surface area contributed by atoms with Gasteiger partial charge in [-0.05, 0) is 0 Å². The predicted molar refractivity (Wildman–Crippen MR) is 141 cm³/mol. The van der Waals surface area contributed by atoms with Crippen LogP contribution < -0.4 is 0 Å². The van der Waals surface area contributed by atoms with Gasteiger partial charge in [-0.25, -0.2) is 0 Å².